The number of thioether (sulfide) groups is 1. The van der Waals surface area contributed by atoms with Gasteiger partial charge < -0.3 is 0 Å². The van der Waals surface area contributed by atoms with Crippen LogP contribution >= 0.6 is 27.7 Å². The van der Waals surface area contributed by atoms with Gasteiger partial charge in [0.25, 0.3) is 0 Å². The summed E-state index contributed by atoms with van der Waals surface area (Å²) >= 11 is 5.92. The Morgan fingerprint density at radius 1 is 1.24 bits per heavy atom. The van der Waals surface area contributed by atoms with Gasteiger partial charge in [-0.15, -0.1) is 11.8 Å². The van der Waals surface area contributed by atoms with E-state index in [0.717, 1.165) is 16.0 Å². The van der Waals surface area contributed by atoms with E-state index in [1.807, 2.05) is 0 Å². The van der Waals surface area contributed by atoms with Crippen LogP contribution in [0.2, 0.25) is 0 Å². The Morgan fingerprint density at radius 3 is 2.94 bits per heavy atom. The van der Waals surface area contributed by atoms with Gasteiger partial charge in [0.2, 0.25) is 0 Å². The van der Waals surface area contributed by atoms with Crippen LogP contribution in [0.15, 0.2) is 29.2 Å². The standard InChI is InChI=1S/C15H19BrS/c16-13-6-3-4-11(8-13)9-14-10-12-5-1-2-7-15(12)17-14/h1-2,5,7,11,13-14H,3-4,6,8-10H2. The molecule has 3 unspecified atom stereocenters. The predicted octanol–water partition coefficient (Wildman–Crippen LogP) is 5.05. The number of rotatable bonds is 2. The second-order valence-electron chi connectivity index (χ2n) is 5.42. The maximum atomic E-state index is 3.80. The molecule has 1 aliphatic heterocycles. The van der Waals surface area contributed by atoms with Crippen molar-refractivity contribution in [2.24, 2.45) is 5.92 Å². The minimum atomic E-state index is 0.787. The molecule has 92 valence electrons. The molecular weight excluding hydrogens is 292 g/mol. The molecule has 1 aromatic carbocycles. The van der Waals surface area contributed by atoms with Crippen molar-refractivity contribution < 1.29 is 0 Å². The molecule has 1 fully saturated rings. The van der Waals surface area contributed by atoms with E-state index >= 15 is 0 Å². The summed E-state index contributed by atoms with van der Waals surface area (Å²) in [6, 6.07) is 8.94. The molecule has 0 aromatic heterocycles. The van der Waals surface area contributed by atoms with Gasteiger partial charge in [0.1, 0.15) is 0 Å². The molecule has 0 radical (unpaired) electrons. The summed E-state index contributed by atoms with van der Waals surface area (Å²) in [6.07, 6.45) is 8.37. The van der Waals surface area contributed by atoms with Crippen LogP contribution in [-0.2, 0) is 6.42 Å². The summed E-state index contributed by atoms with van der Waals surface area (Å²) in [6.45, 7) is 0. The molecule has 1 heterocycles. The zero-order valence-corrected chi connectivity index (χ0v) is 12.5. The maximum absolute atomic E-state index is 3.80. The Morgan fingerprint density at radius 2 is 2.12 bits per heavy atom. The number of hydrogen-bond donors (Lipinski definition) is 0. The first kappa shape index (κ1) is 12.1. The summed E-state index contributed by atoms with van der Waals surface area (Å²) in [5, 5.41) is 0.843. The first-order chi connectivity index (χ1) is 8.31. The largest absolute Gasteiger partial charge is 0.122 e. The highest BCUT2D eigenvalue weighted by Gasteiger charge is 2.27. The van der Waals surface area contributed by atoms with Crippen molar-refractivity contribution in [3.8, 4) is 0 Å². The smallest absolute Gasteiger partial charge is 0.0148 e. The summed E-state index contributed by atoms with van der Waals surface area (Å²) in [5.41, 5.74) is 1.58. The van der Waals surface area contributed by atoms with Gasteiger partial charge in [-0.05, 0) is 43.2 Å². The summed E-state index contributed by atoms with van der Waals surface area (Å²) in [4.78, 5) is 2.32. The van der Waals surface area contributed by atoms with E-state index in [2.05, 4.69) is 52.0 Å². The third kappa shape index (κ3) is 2.90. The molecule has 3 rings (SSSR count). The van der Waals surface area contributed by atoms with Crippen molar-refractivity contribution >= 4 is 27.7 Å². The van der Waals surface area contributed by atoms with Crippen molar-refractivity contribution in [3.63, 3.8) is 0 Å². The molecule has 1 aromatic rings. The fourth-order valence-corrected chi connectivity index (χ4v) is 5.50. The van der Waals surface area contributed by atoms with Crippen LogP contribution in [-0.4, -0.2) is 10.1 Å². The number of hydrogen-bond acceptors (Lipinski definition) is 1. The topological polar surface area (TPSA) is 0 Å². The van der Waals surface area contributed by atoms with E-state index in [4.69, 9.17) is 0 Å². The summed E-state index contributed by atoms with van der Waals surface area (Å²) in [5.74, 6) is 0.958. The lowest BCUT2D eigenvalue weighted by Crippen LogP contribution is -2.19. The van der Waals surface area contributed by atoms with Crippen molar-refractivity contribution in [2.45, 2.75) is 53.5 Å². The van der Waals surface area contributed by atoms with Crippen LogP contribution in [0.3, 0.4) is 0 Å². The summed E-state index contributed by atoms with van der Waals surface area (Å²) in [7, 11) is 0. The minimum Gasteiger partial charge on any atom is -0.122 e. The Hall–Kier alpha value is 0.0500. The number of alkyl halides is 1. The summed E-state index contributed by atoms with van der Waals surface area (Å²) < 4.78 is 0. The molecule has 0 spiro atoms. The normalized spacial score (nSPS) is 32.4. The van der Waals surface area contributed by atoms with E-state index < -0.39 is 0 Å². The minimum absolute atomic E-state index is 0.787. The lowest BCUT2D eigenvalue weighted by Gasteiger charge is -2.27. The molecule has 3 atom stereocenters. The van der Waals surface area contributed by atoms with Gasteiger partial charge in [-0.2, -0.15) is 0 Å². The van der Waals surface area contributed by atoms with Gasteiger partial charge in [0.05, 0.1) is 0 Å². The fourth-order valence-electron chi connectivity index (χ4n) is 3.20. The van der Waals surface area contributed by atoms with E-state index in [0.29, 0.717) is 0 Å². The molecule has 17 heavy (non-hydrogen) atoms. The second-order valence-corrected chi connectivity index (χ2v) is 8.05. The first-order valence-corrected chi connectivity index (χ1v) is 8.49. The predicted molar refractivity (Wildman–Crippen MR) is 79.1 cm³/mol. The zero-order valence-electron chi connectivity index (χ0n) is 10.1. The number of benzene rings is 1. The Balaban J connectivity index is 1.58. The van der Waals surface area contributed by atoms with Crippen LogP contribution < -0.4 is 0 Å². The molecule has 0 bridgehead atoms. The highest BCUT2D eigenvalue weighted by molar-refractivity contribution is 9.09. The van der Waals surface area contributed by atoms with Crippen molar-refractivity contribution in [1.29, 1.82) is 0 Å². The lowest BCUT2D eigenvalue weighted by molar-refractivity contribution is 0.346. The maximum Gasteiger partial charge on any atom is 0.0148 e. The monoisotopic (exact) mass is 310 g/mol. The Kier molecular flexibility index (Phi) is 3.81. The zero-order chi connectivity index (χ0) is 11.7. The average Bonchev–Trinajstić information content (AvgIpc) is 2.71. The molecule has 1 saturated carbocycles. The molecule has 2 heteroatoms. The number of halogens is 1. The fraction of sp³-hybridized carbons (Fsp3) is 0.600. The highest BCUT2D eigenvalue weighted by atomic mass is 79.9. The molecule has 0 N–H and O–H groups in total. The van der Waals surface area contributed by atoms with Gasteiger partial charge in [-0.3, -0.25) is 0 Å². The van der Waals surface area contributed by atoms with E-state index in [1.165, 1.54) is 43.4 Å². The van der Waals surface area contributed by atoms with Gasteiger partial charge in [0.15, 0.2) is 0 Å². The van der Waals surface area contributed by atoms with Crippen molar-refractivity contribution in [1.82, 2.24) is 0 Å². The van der Waals surface area contributed by atoms with Crippen LogP contribution in [0.4, 0.5) is 0 Å². The SMILES string of the molecule is BrC1CCCC(CC2Cc3ccccc3S2)C1. The van der Waals surface area contributed by atoms with Crippen LogP contribution in [0, 0.1) is 5.92 Å². The average molecular weight is 311 g/mol. The van der Waals surface area contributed by atoms with Gasteiger partial charge in [-0.1, -0.05) is 47.0 Å². The van der Waals surface area contributed by atoms with E-state index in [1.54, 1.807) is 5.56 Å². The number of fused-ring (bicyclic) bond motifs is 1. The third-order valence-corrected chi connectivity index (χ3v) is 6.21. The Labute approximate surface area is 117 Å². The highest BCUT2D eigenvalue weighted by Crippen LogP contribution is 2.42. The van der Waals surface area contributed by atoms with E-state index in [-0.39, 0.29) is 0 Å². The van der Waals surface area contributed by atoms with Crippen molar-refractivity contribution in [3.05, 3.63) is 29.8 Å². The van der Waals surface area contributed by atoms with Crippen LogP contribution in [0.5, 0.6) is 0 Å². The lowest BCUT2D eigenvalue weighted by atomic mass is 9.85. The van der Waals surface area contributed by atoms with Gasteiger partial charge in [-0.25, -0.2) is 0 Å². The first-order valence-electron chi connectivity index (χ1n) is 6.70. The second kappa shape index (κ2) is 5.36. The van der Waals surface area contributed by atoms with Crippen molar-refractivity contribution in [2.75, 3.05) is 0 Å². The van der Waals surface area contributed by atoms with Gasteiger partial charge in [0, 0.05) is 15.0 Å². The van der Waals surface area contributed by atoms with Gasteiger partial charge >= 0.3 is 0 Å². The van der Waals surface area contributed by atoms with Crippen LogP contribution in [0.1, 0.15) is 37.7 Å². The molecular formula is C15H19BrS. The Bertz CT molecular complexity index is 365. The molecule has 0 amide bonds. The third-order valence-electron chi connectivity index (χ3n) is 4.03. The quantitative estimate of drug-likeness (QED) is 0.689. The molecule has 2 aliphatic rings. The van der Waals surface area contributed by atoms with E-state index in [9.17, 15) is 0 Å². The molecule has 0 saturated heterocycles. The van der Waals surface area contributed by atoms with Crippen LogP contribution in [0.25, 0.3) is 0 Å². The molecule has 1 aliphatic carbocycles. The molecule has 0 nitrogen and oxygen atoms in total.